The van der Waals surface area contributed by atoms with Gasteiger partial charge < -0.3 is 34.1 Å². The van der Waals surface area contributed by atoms with Crippen molar-refractivity contribution in [1.82, 2.24) is 30.2 Å². The molecule has 1 aliphatic rings. The van der Waals surface area contributed by atoms with Gasteiger partial charge in [-0.3, -0.25) is 4.79 Å². The van der Waals surface area contributed by atoms with Gasteiger partial charge in [0, 0.05) is 39.6 Å². The smallest absolute Gasteiger partial charge is 0.407 e. The van der Waals surface area contributed by atoms with Gasteiger partial charge >= 0.3 is 12.1 Å². The molecule has 1 aliphatic heterocycles. The van der Waals surface area contributed by atoms with Crippen LogP contribution in [0.25, 0.3) is 22.2 Å². The summed E-state index contributed by atoms with van der Waals surface area (Å²) in [7, 11) is -0.557. The predicted octanol–water partition coefficient (Wildman–Crippen LogP) is 5.64. The number of carbonyl (C=O) groups is 3. The minimum absolute atomic E-state index is 0.292. The van der Waals surface area contributed by atoms with Crippen molar-refractivity contribution in [2.45, 2.75) is 71.1 Å². The molecule has 2 aromatic carbocycles. The molecule has 15 heteroatoms. The second-order valence-electron chi connectivity index (χ2n) is 14.7. The van der Waals surface area contributed by atoms with E-state index in [1.54, 1.807) is 9.58 Å². The van der Waals surface area contributed by atoms with E-state index in [9.17, 15) is 14.4 Å². The Morgan fingerprint density at radius 1 is 1.04 bits per heavy atom. The van der Waals surface area contributed by atoms with Crippen LogP contribution in [0.1, 0.15) is 43.6 Å². The first-order chi connectivity index (χ1) is 25.1. The summed E-state index contributed by atoms with van der Waals surface area (Å²) < 4.78 is 24.2. The van der Waals surface area contributed by atoms with E-state index in [0.717, 1.165) is 37.8 Å². The summed E-state index contributed by atoms with van der Waals surface area (Å²) in [6, 6.07) is 12.2. The number of aromatic amines is 1. The minimum atomic E-state index is -1.90. The first-order valence-corrected chi connectivity index (χ1v) is 21.8. The van der Waals surface area contributed by atoms with Crippen LogP contribution in [0, 0.1) is 11.5 Å². The quantitative estimate of drug-likeness (QED) is 0.0803. The highest BCUT2D eigenvalue weighted by molar-refractivity contribution is 9.10. The first kappa shape index (κ1) is 39.7. The number of alkyl carbamates (subject to hydrolysis) is 1. The van der Waals surface area contributed by atoms with Gasteiger partial charge in [0.2, 0.25) is 0 Å². The lowest BCUT2D eigenvalue weighted by atomic mass is 9.87. The molecule has 0 saturated heterocycles. The number of benzene rings is 2. The number of H-pyrrole nitrogens is 1. The highest BCUT2D eigenvalue weighted by Gasteiger charge is 2.44. The molecule has 0 bridgehead atoms. The van der Waals surface area contributed by atoms with E-state index in [-0.39, 0.29) is 0 Å². The number of halogens is 1. The normalized spacial score (nSPS) is 15.7. The van der Waals surface area contributed by atoms with Crippen LogP contribution in [0.4, 0.5) is 4.79 Å². The summed E-state index contributed by atoms with van der Waals surface area (Å²) >= 11 is 3.59. The summed E-state index contributed by atoms with van der Waals surface area (Å²) in [6.45, 7) is 14.0. The number of fused-ring (bicyclic) bond motifs is 3. The summed E-state index contributed by atoms with van der Waals surface area (Å²) in [5.74, 6) is 1.96. The Kier molecular flexibility index (Phi) is 12.8. The van der Waals surface area contributed by atoms with Crippen molar-refractivity contribution in [2.75, 3.05) is 40.1 Å². The molecule has 13 nitrogen and oxygen atoms in total. The lowest BCUT2D eigenvalue weighted by Gasteiger charge is -2.40. The molecule has 0 aliphatic carbocycles. The van der Waals surface area contributed by atoms with E-state index in [2.05, 4.69) is 67.6 Å². The van der Waals surface area contributed by atoms with Crippen molar-refractivity contribution in [2.24, 2.45) is 0 Å². The average molecular weight is 808 g/mol. The third kappa shape index (κ3) is 10.6. The van der Waals surface area contributed by atoms with Crippen molar-refractivity contribution in [3.05, 3.63) is 70.0 Å². The number of nitrogens with zero attached hydrogens (tertiary/aromatic N) is 4. The van der Waals surface area contributed by atoms with Crippen molar-refractivity contribution in [3.63, 3.8) is 0 Å². The molecule has 4 aromatic rings. The van der Waals surface area contributed by atoms with Crippen LogP contribution in [-0.4, -0.2) is 103 Å². The van der Waals surface area contributed by atoms with Gasteiger partial charge in [-0.25, -0.2) is 14.3 Å². The van der Waals surface area contributed by atoms with Crippen LogP contribution >= 0.6 is 15.9 Å². The van der Waals surface area contributed by atoms with E-state index in [1.807, 2.05) is 69.4 Å². The molecule has 3 heterocycles. The summed E-state index contributed by atoms with van der Waals surface area (Å²) in [5.41, 5.74) is 7.66. The number of esters is 1. The maximum Gasteiger partial charge on any atom is 0.407 e. The Labute approximate surface area is 319 Å². The molecule has 2 amide bonds. The third-order valence-electron chi connectivity index (χ3n) is 8.25. The van der Waals surface area contributed by atoms with Crippen molar-refractivity contribution in [3.8, 4) is 22.7 Å². The molecular formula is C38H47BrN6O7Si. The highest BCUT2D eigenvalue weighted by atomic mass is 79.9. The van der Waals surface area contributed by atoms with Gasteiger partial charge in [-0.05, 0) is 56.0 Å². The first-order valence-electron chi connectivity index (χ1n) is 17.5. The monoisotopic (exact) mass is 806 g/mol. The number of carbonyl (C=O) groups excluding carboxylic acids is 3. The number of nitrogens with one attached hydrogen (secondary N) is 2. The summed E-state index contributed by atoms with van der Waals surface area (Å²) in [5, 5.41) is 12.2. The zero-order valence-corrected chi connectivity index (χ0v) is 33.8. The fourth-order valence-electron chi connectivity index (χ4n) is 5.92. The van der Waals surface area contributed by atoms with Crippen LogP contribution < -0.4 is 5.32 Å². The van der Waals surface area contributed by atoms with Gasteiger partial charge in [0.15, 0.2) is 0 Å². The standard InChI is InChI=1S/C38H47BrN6O7Si/c1-38(2,3)52-37(48)40-15-17-50-19-20-51-18-16-44-24-31(42-43-44)25-8-10-26(11-9-25)35-34-29(28-22-27(39)12-13-30(28)41-34)23-32(36(47)49-4)45(35)33(46)14-21-53(5,6)7/h8-13,22,24,32,35,41H,15-20,23H2,1-7H3,(H,40,48). The van der Waals surface area contributed by atoms with E-state index < -0.39 is 43.7 Å². The number of rotatable bonds is 12. The van der Waals surface area contributed by atoms with E-state index in [1.165, 1.54) is 7.11 Å². The van der Waals surface area contributed by atoms with Crippen LogP contribution in [-0.2, 0) is 41.5 Å². The van der Waals surface area contributed by atoms with Gasteiger partial charge in [-0.1, -0.05) is 65.0 Å². The fourth-order valence-corrected chi connectivity index (χ4v) is 6.77. The molecule has 2 aromatic heterocycles. The largest absolute Gasteiger partial charge is 0.467 e. The summed E-state index contributed by atoms with van der Waals surface area (Å²) in [6.07, 6.45) is 1.67. The Morgan fingerprint density at radius 2 is 1.75 bits per heavy atom. The lowest BCUT2D eigenvalue weighted by molar-refractivity contribution is -0.153. The van der Waals surface area contributed by atoms with E-state index in [0.29, 0.717) is 51.6 Å². The number of hydrogen-bond donors (Lipinski definition) is 2. The van der Waals surface area contributed by atoms with E-state index >= 15 is 0 Å². The van der Waals surface area contributed by atoms with Crippen LogP contribution in [0.15, 0.2) is 53.1 Å². The van der Waals surface area contributed by atoms with Crippen molar-refractivity contribution >= 4 is 52.9 Å². The molecule has 5 rings (SSSR count). The number of aromatic nitrogens is 4. The van der Waals surface area contributed by atoms with Gasteiger partial charge in [0.05, 0.1) is 52.3 Å². The SMILES string of the molecule is COC(=O)C1Cc2c([nH]c3ccc(Br)cc23)C(c2ccc(-c3cn(CCOCCOCCNC(=O)OC(C)(C)C)nn3)cc2)N1C(=O)C#C[Si](C)(C)C. The Balaban J connectivity index is 1.27. The van der Waals surface area contributed by atoms with Crippen LogP contribution in [0.5, 0.6) is 0 Å². The zero-order chi connectivity index (χ0) is 38.3. The number of methoxy groups -OCH3 is 1. The lowest BCUT2D eigenvalue weighted by Crippen LogP contribution is -2.51. The Morgan fingerprint density at radius 3 is 2.43 bits per heavy atom. The topological polar surface area (TPSA) is 150 Å². The van der Waals surface area contributed by atoms with Crippen LogP contribution in [0.2, 0.25) is 19.6 Å². The van der Waals surface area contributed by atoms with Crippen LogP contribution in [0.3, 0.4) is 0 Å². The molecule has 282 valence electrons. The van der Waals surface area contributed by atoms with E-state index in [4.69, 9.17) is 18.9 Å². The Hall–Kier alpha value is -4.49. The van der Waals surface area contributed by atoms with Gasteiger partial charge in [-0.2, -0.15) is 0 Å². The maximum absolute atomic E-state index is 14.0. The molecule has 0 spiro atoms. The number of ether oxygens (including phenoxy) is 4. The number of hydrogen-bond acceptors (Lipinski definition) is 9. The van der Waals surface area contributed by atoms with Gasteiger partial charge in [0.25, 0.3) is 5.91 Å². The second kappa shape index (κ2) is 17.1. The Bertz CT molecular complexity index is 1990. The fraction of sp³-hybridized carbons (Fsp3) is 0.447. The van der Waals surface area contributed by atoms with Gasteiger partial charge in [0.1, 0.15) is 25.4 Å². The zero-order valence-electron chi connectivity index (χ0n) is 31.2. The maximum atomic E-state index is 14.0. The highest BCUT2D eigenvalue weighted by Crippen LogP contribution is 2.42. The molecule has 2 N–H and O–H groups in total. The molecule has 0 saturated carbocycles. The molecular weight excluding hydrogens is 760 g/mol. The van der Waals surface area contributed by atoms with Crippen molar-refractivity contribution < 1.29 is 33.3 Å². The third-order valence-corrected chi connectivity index (χ3v) is 9.62. The van der Waals surface area contributed by atoms with Crippen molar-refractivity contribution in [1.29, 1.82) is 0 Å². The molecule has 0 fully saturated rings. The number of amides is 2. The second-order valence-corrected chi connectivity index (χ2v) is 20.4. The molecule has 0 radical (unpaired) electrons. The summed E-state index contributed by atoms with van der Waals surface area (Å²) in [4.78, 5) is 44.1. The average Bonchev–Trinajstić information content (AvgIpc) is 3.72. The molecule has 53 heavy (non-hydrogen) atoms. The molecule has 2 unspecified atom stereocenters. The minimum Gasteiger partial charge on any atom is -0.467 e. The van der Waals surface area contributed by atoms with Gasteiger partial charge in [-0.15, -0.1) is 10.6 Å². The molecule has 2 atom stereocenters. The predicted molar refractivity (Wildman–Crippen MR) is 207 cm³/mol.